The number of carbonyl (C=O) groups excluding carboxylic acids is 1. The number of amides is 1. The van der Waals surface area contributed by atoms with E-state index in [2.05, 4.69) is 36.9 Å². The van der Waals surface area contributed by atoms with Crippen molar-refractivity contribution in [1.29, 1.82) is 0 Å². The third-order valence-electron chi connectivity index (χ3n) is 4.62. The highest BCUT2D eigenvalue weighted by molar-refractivity contribution is 5.95. The van der Waals surface area contributed by atoms with Gasteiger partial charge >= 0.3 is 0 Å². The normalized spacial score (nSPS) is 13.7. The maximum absolute atomic E-state index is 12.6. The molecule has 2 aromatic rings. The van der Waals surface area contributed by atoms with Gasteiger partial charge in [0, 0.05) is 43.1 Å². The van der Waals surface area contributed by atoms with Gasteiger partial charge < -0.3 is 15.5 Å². The summed E-state index contributed by atoms with van der Waals surface area (Å²) in [4.78, 5) is 16.8. The number of nitrogens with zero attached hydrogens (tertiary/aromatic N) is 2. The number of carbonyl (C=O) groups is 1. The third-order valence-corrected chi connectivity index (χ3v) is 4.62. The Hall–Kier alpha value is -1.91. The summed E-state index contributed by atoms with van der Waals surface area (Å²) >= 11 is 0. The lowest BCUT2D eigenvalue weighted by Gasteiger charge is -2.37. The first-order chi connectivity index (χ1) is 11.1. The third kappa shape index (κ3) is 4.59. The number of anilines is 2. The smallest absolute Gasteiger partial charge is 0.254 e. The van der Waals surface area contributed by atoms with E-state index in [1.54, 1.807) is 12.1 Å². The SMILES string of the molecule is Cc1cccc(N2CCN(C(=O)c3cccc(N)c3)CC2)c1C.Cl.Cl. The minimum absolute atomic E-state index is 0. The molecule has 25 heavy (non-hydrogen) atoms. The molecule has 0 spiro atoms. The second kappa shape index (κ2) is 8.97. The molecule has 1 heterocycles. The van der Waals surface area contributed by atoms with E-state index in [1.807, 2.05) is 17.0 Å². The molecule has 0 atom stereocenters. The summed E-state index contributed by atoms with van der Waals surface area (Å²) in [5.41, 5.74) is 11.0. The minimum Gasteiger partial charge on any atom is -0.399 e. The number of aryl methyl sites for hydroxylation is 1. The summed E-state index contributed by atoms with van der Waals surface area (Å²) in [6, 6.07) is 13.6. The van der Waals surface area contributed by atoms with Crippen molar-refractivity contribution in [3.05, 3.63) is 59.2 Å². The summed E-state index contributed by atoms with van der Waals surface area (Å²) in [6.45, 7) is 7.49. The molecule has 1 aliphatic rings. The predicted molar refractivity (Wildman–Crippen MR) is 109 cm³/mol. The Morgan fingerprint density at radius 3 is 2.24 bits per heavy atom. The van der Waals surface area contributed by atoms with Crippen LogP contribution < -0.4 is 10.6 Å². The number of hydrogen-bond acceptors (Lipinski definition) is 3. The topological polar surface area (TPSA) is 49.6 Å². The van der Waals surface area contributed by atoms with Crippen LogP contribution in [-0.2, 0) is 0 Å². The maximum atomic E-state index is 12.6. The Morgan fingerprint density at radius 2 is 1.60 bits per heavy atom. The fourth-order valence-corrected chi connectivity index (χ4v) is 3.08. The Bertz CT molecular complexity index is 728. The quantitative estimate of drug-likeness (QED) is 0.806. The molecular formula is C19H25Cl2N3O. The summed E-state index contributed by atoms with van der Waals surface area (Å²) in [6.07, 6.45) is 0. The highest BCUT2D eigenvalue weighted by Gasteiger charge is 2.23. The van der Waals surface area contributed by atoms with Gasteiger partial charge in [-0.2, -0.15) is 0 Å². The average molecular weight is 382 g/mol. The van der Waals surface area contributed by atoms with Crippen LogP contribution >= 0.6 is 24.8 Å². The Kier molecular flexibility index (Phi) is 7.59. The molecule has 0 aromatic heterocycles. The average Bonchev–Trinajstić information content (AvgIpc) is 2.57. The number of nitrogens with two attached hydrogens (primary N) is 1. The molecule has 1 saturated heterocycles. The van der Waals surface area contributed by atoms with E-state index in [0.717, 1.165) is 26.2 Å². The number of rotatable bonds is 2. The van der Waals surface area contributed by atoms with Crippen LogP contribution in [0.1, 0.15) is 21.5 Å². The van der Waals surface area contributed by atoms with Crippen molar-refractivity contribution in [3.8, 4) is 0 Å². The van der Waals surface area contributed by atoms with E-state index < -0.39 is 0 Å². The van der Waals surface area contributed by atoms with Gasteiger partial charge in [-0.25, -0.2) is 0 Å². The van der Waals surface area contributed by atoms with Gasteiger partial charge in [0.1, 0.15) is 0 Å². The van der Waals surface area contributed by atoms with Crippen molar-refractivity contribution in [1.82, 2.24) is 4.90 Å². The van der Waals surface area contributed by atoms with Crippen LogP contribution in [0.3, 0.4) is 0 Å². The van der Waals surface area contributed by atoms with Crippen molar-refractivity contribution < 1.29 is 4.79 Å². The minimum atomic E-state index is 0. The van der Waals surface area contributed by atoms with Crippen LogP contribution in [0, 0.1) is 13.8 Å². The lowest BCUT2D eigenvalue weighted by molar-refractivity contribution is 0.0747. The van der Waals surface area contributed by atoms with Crippen molar-refractivity contribution in [2.75, 3.05) is 36.8 Å². The largest absolute Gasteiger partial charge is 0.399 e. The first-order valence-electron chi connectivity index (χ1n) is 8.02. The number of nitrogen functional groups attached to an aromatic ring is 1. The van der Waals surface area contributed by atoms with Gasteiger partial charge in [-0.05, 0) is 49.2 Å². The van der Waals surface area contributed by atoms with Crippen LogP contribution in [0.4, 0.5) is 11.4 Å². The molecule has 2 N–H and O–H groups in total. The van der Waals surface area contributed by atoms with E-state index in [-0.39, 0.29) is 30.7 Å². The lowest BCUT2D eigenvalue weighted by atomic mass is 10.1. The number of benzene rings is 2. The van der Waals surface area contributed by atoms with Crippen LogP contribution in [0.25, 0.3) is 0 Å². The van der Waals surface area contributed by atoms with Gasteiger partial charge in [-0.3, -0.25) is 4.79 Å². The predicted octanol–water partition coefficient (Wildman–Crippen LogP) is 3.69. The highest BCUT2D eigenvalue weighted by Crippen LogP contribution is 2.24. The van der Waals surface area contributed by atoms with Gasteiger partial charge in [0.2, 0.25) is 0 Å². The summed E-state index contributed by atoms with van der Waals surface area (Å²) in [7, 11) is 0. The maximum Gasteiger partial charge on any atom is 0.254 e. The fourth-order valence-electron chi connectivity index (χ4n) is 3.08. The molecule has 0 aliphatic carbocycles. The number of piperazine rings is 1. The van der Waals surface area contributed by atoms with Crippen molar-refractivity contribution in [2.45, 2.75) is 13.8 Å². The molecule has 0 unspecified atom stereocenters. The Balaban J connectivity index is 0.00000156. The number of hydrogen-bond donors (Lipinski definition) is 1. The van der Waals surface area contributed by atoms with Crippen LogP contribution in [-0.4, -0.2) is 37.0 Å². The van der Waals surface area contributed by atoms with E-state index in [0.29, 0.717) is 11.3 Å². The molecule has 6 heteroatoms. The van der Waals surface area contributed by atoms with Crippen LogP contribution in [0.2, 0.25) is 0 Å². The molecule has 0 saturated carbocycles. The zero-order valence-electron chi connectivity index (χ0n) is 14.6. The van der Waals surface area contributed by atoms with E-state index in [4.69, 9.17) is 5.73 Å². The zero-order valence-corrected chi connectivity index (χ0v) is 16.2. The van der Waals surface area contributed by atoms with Gasteiger partial charge in [0.25, 0.3) is 5.91 Å². The first-order valence-corrected chi connectivity index (χ1v) is 8.02. The molecular weight excluding hydrogens is 357 g/mol. The molecule has 4 nitrogen and oxygen atoms in total. The zero-order chi connectivity index (χ0) is 16.4. The van der Waals surface area contributed by atoms with Gasteiger partial charge in [0.15, 0.2) is 0 Å². The summed E-state index contributed by atoms with van der Waals surface area (Å²) in [5, 5.41) is 0. The standard InChI is InChI=1S/C19H23N3O.2ClH/c1-14-5-3-8-18(15(14)2)21-9-11-22(12-10-21)19(23)16-6-4-7-17(20)13-16;;/h3-8,13H,9-12,20H2,1-2H3;2*1H. The lowest BCUT2D eigenvalue weighted by Crippen LogP contribution is -2.49. The number of halogens is 2. The molecule has 3 rings (SSSR count). The Labute approximate surface area is 161 Å². The molecule has 136 valence electrons. The molecule has 0 bridgehead atoms. The van der Waals surface area contributed by atoms with Crippen molar-refractivity contribution in [2.24, 2.45) is 0 Å². The van der Waals surface area contributed by atoms with E-state index in [9.17, 15) is 4.79 Å². The molecule has 1 aliphatic heterocycles. The van der Waals surface area contributed by atoms with E-state index in [1.165, 1.54) is 16.8 Å². The second-order valence-electron chi connectivity index (χ2n) is 6.12. The molecule has 0 radical (unpaired) electrons. The van der Waals surface area contributed by atoms with Gasteiger partial charge in [-0.1, -0.05) is 18.2 Å². The fraction of sp³-hybridized carbons (Fsp3) is 0.316. The monoisotopic (exact) mass is 381 g/mol. The Morgan fingerprint density at radius 1 is 0.960 bits per heavy atom. The molecule has 1 amide bonds. The van der Waals surface area contributed by atoms with Gasteiger partial charge in [-0.15, -0.1) is 24.8 Å². The highest BCUT2D eigenvalue weighted by atomic mass is 35.5. The first kappa shape index (κ1) is 21.1. The van der Waals surface area contributed by atoms with Gasteiger partial charge in [0.05, 0.1) is 0 Å². The van der Waals surface area contributed by atoms with Crippen molar-refractivity contribution in [3.63, 3.8) is 0 Å². The van der Waals surface area contributed by atoms with Crippen LogP contribution in [0.5, 0.6) is 0 Å². The summed E-state index contributed by atoms with van der Waals surface area (Å²) in [5.74, 6) is 0.0675. The molecule has 2 aromatic carbocycles. The second-order valence-corrected chi connectivity index (χ2v) is 6.12. The van der Waals surface area contributed by atoms with E-state index >= 15 is 0 Å². The molecule has 1 fully saturated rings. The summed E-state index contributed by atoms with van der Waals surface area (Å²) < 4.78 is 0. The van der Waals surface area contributed by atoms with Crippen LogP contribution in [0.15, 0.2) is 42.5 Å². The van der Waals surface area contributed by atoms with Crippen molar-refractivity contribution >= 4 is 42.1 Å².